The van der Waals surface area contributed by atoms with Gasteiger partial charge in [-0.1, -0.05) is 42.5 Å². The van der Waals surface area contributed by atoms with Crippen molar-refractivity contribution in [2.45, 2.75) is 128 Å². The average Bonchev–Trinajstić information content (AvgIpc) is 3.22. The molecule has 14 heteroatoms. The molecule has 14 nitrogen and oxygen atoms in total. The number of carbonyl (C=O) groups excluding carboxylic acids is 6. The van der Waals surface area contributed by atoms with Crippen molar-refractivity contribution in [1.29, 1.82) is 0 Å². The van der Waals surface area contributed by atoms with Crippen LogP contribution in [0.3, 0.4) is 0 Å². The minimum absolute atomic E-state index is 0.0986. The molecule has 0 bridgehead atoms. The number of rotatable bonds is 16. The summed E-state index contributed by atoms with van der Waals surface area (Å²) in [6.07, 6.45) is 0.726. The molecule has 5 rings (SSSR count). The molecule has 3 aromatic carbocycles. The van der Waals surface area contributed by atoms with Gasteiger partial charge in [-0.3, -0.25) is 19.4 Å². The summed E-state index contributed by atoms with van der Waals surface area (Å²) in [5, 5.41) is 6.08. The van der Waals surface area contributed by atoms with E-state index in [0.29, 0.717) is 24.2 Å². The van der Waals surface area contributed by atoms with Gasteiger partial charge >= 0.3 is 23.9 Å². The molecule has 2 N–H and O–H groups in total. The lowest BCUT2D eigenvalue weighted by molar-refractivity contribution is -0.162. The predicted molar refractivity (Wildman–Crippen MR) is 242 cm³/mol. The van der Waals surface area contributed by atoms with Gasteiger partial charge in [-0.25, -0.2) is 19.2 Å². The van der Waals surface area contributed by atoms with Crippen LogP contribution < -0.4 is 10.6 Å². The Hall–Kier alpha value is -5.60. The molecule has 2 aliphatic rings. The van der Waals surface area contributed by atoms with Crippen LogP contribution in [0.25, 0.3) is 0 Å². The van der Waals surface area contributed by atoms with E-state index in [1.54, 1.807) is 80.6 Å². The first-order valence-corrected chi connectivity index (χ1v) is 22.1. The topological polar surface area (TPSA) is 170 Å². The van der Waals surface area contributed by atoms with E-state index in [-0.39, 0.29) is 63.2 Å². The number of ether oxygens (including phenoxy) is 4. The Balaban J connectivity index is 1.33. The Bertz CT molecular complexity index is 1980. The Labute approximate surface area is 377 Å². The summed E-state index contributed by atoms with van der Waals surface area (Å²) in [6, 6.07) is 23.7. The minimum Gasteiger partial charge on any atom is -0.464 e. The molecule has 0 aliphatic carbocycles. The largest absolute Gasteiger partial charge is 0.464 e. The first-order chi connectivity index (χ1) is 30.0. The molecule has 2 amide bonds. The zero-order valence-electron chi connectivity index (χ0n) is 39.1. The standard InChI is InChI=1S/C50H66N4O10/c1-11-61-43(59)49(31-45(3,4)53(46(5,6)32-49)26-28-63-41(57)35-20-15-13-16-21-35)51-39(55)37-24-19-25-38(30-37)40(56)52-50(44(60)62-12-2)33-47(7,8)54(48(9,10)34-50)27-29-64-42(58)36-22-17-14-18-23-36/h13-25,30H,11-12,26-29,31-34H2,1-10H3,(H,51,55)(H,52,56). The average molecular weight is 883 g/mol. The van der Waals surface area contributed by atoms with Crippen molar-refractivity contribution in [3.05, 3.63) is 107 Å². The lowest BCUT2D eigenvalue weighted by Crippen LogP contribution is -2.72. The fourth-order valence-electron chi connectivity index (χ4n) is 10.6. The summed E-state index contributed by atoms with van der Waals surface area (Å²) in [4.78, 5) is 86.4. The lowest BCUT2D eigenvalue weighted by atomic mass is 9.68. The highest BCUT2D eigenvalue weighted by Crippen LogP contribution is 2.46. The van der Waals surface area contributed by atoms with E-state index in [1.807, 2.05) is 67.5 Å². The van der Waals surface area contributed by atoms with E-state index in [2.05, 4.69) is 20.4 Å². The van der Waals surface area contributed by atoms with Crippen molar-refractivity contribution >= 4 is 35.7 Å². The highest BCUT2D eigenvalue weighted by molar-refractivity contribution is 6.03. The Morgan fingerprint density at radius 1 is 0.469 bits per heavy atom. The summed E-state index contributed by atoms with van der Waals surface area (Å²) in [5.41, 5.74) is -4.48. The van der Waals surface area contributed by atoms with Gasteiger partial charge in [0, 0.05) is 46.4 Å². The van der Waals surface area contributed by atoms with Crippen LogP contribution in [0.1, 0.15) is 136 Å². The molecule has 0 unspecified atom stereocenters. The van der Waals surface area contributed by atoms with Gasteiger partial charge in [0.2, 0.25) is 0 Å². The summed E-state index contributed by atoms with van der Waals surface area (Å²) in [5.74, 6) is -3.16. The second kappa shape index (κ2) is 19.6. The molecule has 2 aliphatic heterocycles. The maximum Gasteiger partial charge on any atom is 0.338 e. The van der Waals surface area contributed by atoms with E-state index in [0.717, 1.165) is 0 Å². The van der Waals surface area contributed by atoms with Gasteiger partial charge in [-0.05, 0) is 137 Å². The number of amides is 2. The van der Waals surface area contributed by atoms with E-state index < -0.39 is 68.9 Å². The number of carbonyl (C=O) groups is 6. The van der Waals surface area contributed by atoms with Crippen molar-refractivity contribution in [3.8, 4) is 0 Å². The van der Waals surface area contributed by atoms with Crippen LogP contribution in [0.4, 0.5) is 0 Å². The number of hydrogen-bond acceptors (Lipinski definition) is 12. The third-order valence-corrected chi connectivity index (χ3v) is 12.4. The van der Waals surface area contributed by atoms with Crippen LogP contribution in [0.2, 0.25) is 0 Å². The normalized spacial score (nSPS) is 19.3. The van der Waals surface area contributed by atoms with Crippen LogP contribution in [-0.4, -0.2) is 118 Å². The zero-order chi connectivity index (χ0) is 47.1. The molecule has 2 fully saturated rings. The van der Waals surface area contributed by atoms with Crippen LogP contribution in [0.5, 0.6) is 0 Å². The number of esters is 4. The first kappa shape index (κ1) is 49.4. The van der Waals surface area contributed by atoms with Gasteiger partial charge in [-0.15, -0.1) is 0 Å². The van der Waals surface area contributed by atoms with Gasteiger partial charge in [0.15, 0.2) is 0 Å². The van der Waals surface area contributed by atoms with Crippen molar-refractivity contribution < 1.29 is 47.7 Å². The lowest BCUT2D eigenvalue weighted by Gasteiger charge is -2.58. The predicted octanol–water partition coefficient (Wildman–Crippen LogP) is 6.77. The Kier molecular flexibility index (Phi) is 15.2. The van der Waals surface area contributed by atoms with Crippen molar-refractivity contribution in [2.75, 3.05) is 39.5 Å². The summed E-state index contributed by atoms with van der Waals surface area (Å²) in [6.45, 7) is 20.4. The second-order valence-corrected chi connectivity index (χ2v) is 19.4. The fourth-order valence-corrected chi connectivity index (χ4v) is 10.6. The molecule has 0 saturated carbocycles. The molecule has 346 valence electrons. The molecule has 0 spiro atoms. The molecule has 0 radical (unpaired) electrons. The first-order valence-electron chi connectivity index (χ1n) is 22.1. The SMILES string of the molecule is CCOC(=O)C1(NC(=O)c2cccc(C(=O)NC3(C(=O)OCC)CC(C)(C)N(CCOC(=O)c4ccccc4)C(C)(C)C3)c2)CC(C)(C)N(CCOC(=O)c2ccccc2)C(C)(C)C1. The smallest absolute Gasteiger partial charge is 0.338 e. The van der Waals surface area contributed by atoms with Crippen LogP contribution in [0, 0.1) is 0 Å². The number of nitrogens with one attached hydrogen (secondary N) is 2. The van der Waals surface area contributed by atoms with Gasteiger partial charge in [0.05, 0.1) is 24.3 Å². The van der Waals surface area contributed by atoms with Crippen molar-refractivity contribution in [1.82, 2.24) is 20.4 Å². The monoisotopic (exact) mass is 882 g/mol. The van der Waals surface area contributed by atoms with E-state index in [9.17, 15) is 28.8 Å². The fraction of sp³-hybridized carbons (Fsp3) is 0.520. The molecule has 3 aromatic rings. The second-order valence-electron chi connectivity index (χ2n) is 19.4. The summed E-state index contributed by atoms with van der Waals surface area (Å²) < 4.78 is 22.5. The molecule has 64 heavy (non-hydrogen) atoms. The number of piperidine rings is 2. The van der Waals surface area contributed by atoms with Gasteiger partial charge < -0.3 is 29.6 Å². The maximum atomic E-state index is 14.3. The third kappa shape index (κ3) is 11.2. The molecule has 0 aromatic heterocycles. The maximum absolute atomic E-state index is 14.3. The summed E-state index contributed by atoms with van der Waals surface area (Å²) in [7, 11) is 0. The Morgan fingerprint density at radius 3 is 1.09 bits per heavy atom. The van der Waals surface area contributed by atoms with Gasteiger partial charge in [-0.2, -0.15) is 0 Å². The third-order valence-electron chi connectivity index (χ3n) is 12.4. The summed E-state index contributed by atoms with van der Waals surface area (Å²) >= 11 is 0. The number of benzene rings is 3. The molecule has 2 heterocycles. The molecular weight excluding hydrogens is 817 g/mol. The molecule has 2 saturated heterocycles. The van der Waals surface area contributed by atoms with Crippen LogP contribution in [-0.2, 0) is 28.5 Å². The Morgan fingerprint density at radius 2 is 0.781 bits per heavy atom. The van der Waals surface area contributed by atoms with E-state index in [4.69, 9.17) is 18.9 Å². The number of likely N-dealkylation sites (tertiary alicyclic amines) is 2. The van der Waals surface area contributed by atoms with Gasteiger partial charge in [0.25, 0.3) is 11.8 Å². The van der Waals surface area contributed by atoms with Crippen LogP contribution in [0.15, 0.2) is 84.9 Å². The highest BCUT2D eigenvalue weighted by Gasteiger charge is 2.58. The number of nitrogens with zero attached hydrogens (tertiary/aromatic N) is 2. The van der Waals surface area contributed by atoms with E-state index >= 15 is 0 Å². The zero-order valence-corrected chi connectivity index (χ0v) is 39.1. The van der Waals surface area contributed by atoms with Crippen molar-refractivity contribution in [2.24, 2.45) is 0 Å². The quantitative estimate of drug-likeness (QED) is 0.115. The van der Waals surface area contributed by atoms with Gasteiger partial charge in [0.1, 0.15) is 24.3 Å². The van der Waals surface area contributed by atoms with E-state index in [1.165, 1.54) is 6.07 Å². The molecule has 0 atom stereocenters. The highest BCUT2D eigenvalue weighted by atomic mass is 16.5. The van der Waals surface area contributed by atoms with Crippen LogP contribution >= 0.6 is 0 Å². The molecular formula is C50H66N4O10. The minimum atomic E-state index is -1.45. The van der Waals surface area contributed by atoms with Crippen molar-refractivity contribution in [3.63, 3.8) is 0 Å². The number of hydrogen-bond donors (Lipinski definition) is 2.